The molecule has 4 aromatic rings. The van der Waals surface area contributed by atoms with E-state index in [0.29, 0.717) is 38.8 Å². The van der Waals surface area contributed by atoms with E-state index < -0.39 is 5.41 Å². The fourth-order valence-corrected chi connectivity index (χ4v) is 5.17. The lowest BCUT2D eigenvalue weighted by atomic mass is 9.96. The highest BCUT2D eigenvalue weighted by molar-refractivity contribution is 7.16. The van der Waals surface area contributed by atoms with Gasteiger partial charge in [0.05, 0.1) is 23.1 Å². The summed E-state index contributed by atoms with van der Waals surface area (Å²) in [6.45, 7) is 5.80. The van der Waals surface area contributed by atoms with Gasteiger partial charge in [-0.2, -0.15) is 9.78 Å². The first-order valence-electron chi connectivity index (χ1n) is 11.4. The van der Waals surface area contributed by atoms with Crippen LogP contribution >= 0.6 is 34.3 Å². The van der Waals surface area contributed by atoms with E-state index in [0.717, 1.165) is 4.88 Å². The minimum absolute atomic E-state index is 0.132. The van der Waals surface area contributed by atoms with Crippen molar-refractivity contribution in [2.24, 2.45) is 5.41 Å². The summed E-state index contributed by atoms with van der Waals surface area (Å²) in [4.78, 5) is 45.9. The third-order valence-corrected chi connectivity index (χ3v) is 7.49. The zero-order chi connectivity index (χ0) is 26.9. The van der Waals surface area contributed by atoms with Gasteiger partial charge in [-0.1, -0.05) is 32.4 Å². The lowest BCUT2D eigenvalue weighted by Crippen LogP contribution is -2.29. The Morgan fingerprint density at radius 3 is 2.51 bits per heavy atom. The van der Waals surface area contributed by atoms with Crippen LogP contribution in [-0.2, 0) is 13.1 Å². The molecule has 0 radical (unpaired) electrons. The van der Waals surface area contributed by atoms with Crippen molar-refractivity contribution in [1.82, 2.24) is 19.3 Å². The number of thiophene rings is 1. The number of hydrogen-bond acceptors (Lipinski definition) is 9. The first-order valence-corrected chi connectivity index (χ1v) is 13.5. The highest BCUT2D eigenvalue weighted by Crippen LogP contribution is 2.28. The fraction of sp³-hybridized carbons (Fsp3) is 0.320. The number of nitrogens with one attached hydrogen (secondary N) is 1. The molecule has 0 unspecified atom stereocenters. The van der Waals surface area contributed by atoms with Gasteiger partial charge in [-0.25, -0.2) is 4.98 Å². The second kappa shape index (κ2) is 10.6. The number of carbonyl (C=O) groups is 2. The zero-order valence-corrected chi connectivity index (χ0v) is 23.5. The van der Waals surface area contributed by atoms with Crippen molar-refractivity contribution in [3.63, 3.8) is 0 Å². The van der Waals surface area contributed by atoms with Crippen LogP contribution in [0.2, 0.25) is 4.34 Å². The Morgan fingerprint density at radius 2 is 1.92 bits per heavy atom. The molecule has 0 fully saturated rings. The maximum Gasteiger partial charge on any atom is 0.254 e. The molecule has 12 heteroatoms. The molecule has 0 aromatic carbocycles. The molecule has 0 atom stereocenters. The van der Waals surface area contributed by atoms with Crippen LogP contribution in [0.3, 0.4) is 0 Å². The number of hydrogen-bond donors (Lipinski definition) is 1. The number of carbonyl (C=O) groups excluding carboxylic acids is 2. The minimum atomic E-state index is -0.680. The van der Waals surface area contributed by atoms with Crippen LogP contribution in [0.5, 0.6) is 0 Å². The summed E-state index contributed by atoms with van der Waals surface area (Å²) in [5.74, 6) is 0.606. The predicted molar refractivity (Wildman–Crippen MR) is 149 cm³/mol. The first kappa shape index (κ1) is 26.8. The summed E-state index contributed by atoms with van der Waals surface area (Å²) in [7, 11) is 3.59. The van der Waals surface area contributed by atoms with Crippen LogP contribution in [0.1, 0.15) is 40.2 Å². The Hall–Kier alpha value is -3.28. The molecule has 1 N–H and O–H groups in total. The van der Waals surface area contributed by atoms with Gasteiger partial charge in [-0.05, 0) is 18.2 Å². The van der Waals surface area contributed by atoms with Crippen LogP contribution in [0.15, 0.2) is 46.7 Å². The van der Waals surface area contributed by atoms with E-state index in [1.165, 1.54) is 38.0 Å². The molecule has 4 rings (SSSR count). The third-order valence-electron chi connectivity index (χ3n) is 5.45. The summed E-state index contributed by atoms with van der Waals surface area (Å²) < 4.78 is 3.43. The van der Waals surface area contributed by atoms with Gasteiger partial charge in [0.1, 0.15) is 11.6 Å². The number of pyridine rings is 1. The normalized spacial score (nSPS) is 11.5. The summed E-state index contributed by atoms with van der Waals surface area (Å²) >= 11 is 8.74. The topological polar surface area (TPSA) is 102 Å². The van der Waals surface area contributed by atoms with Crippen molar-refractivity contribution in [1.29, 1.82) is 0 Å². The van der Waals surface area contributed by atoms with Gasteiger partial charge in [0, 0.05) is 53.7 Å². The molecule has 0 saturated heterocycles. The van der Waals surface area contributed by atoms with Crippen molar-refractivity contribution in [2.45, 2.75) is 33.9 Å². The summed E-state index contributed by atoms with van der Waals surface area (Å²) in [6.07, 6.45) is 1.56. The Bertz CT molecular complexity index is 1500. The van der Waals surface area contributed by atoms with Gasteiger partial charge in [-0.3, -0.25) is 19.0 Å². The standard InChI is InChI=1S/C25H27ClN6O3S2/c1-25(2,3)24(35)32-20(28-13-16-6-7-19(26)37-16)12-17(29-32)15-10-21(30(4)5)31(22(34)11-15)14-18(33)23-27-8-9-36-23/h6-12,28H,13-14H2,1-5H3. The number of Topliss-reactive ketones (excluding diaryl/α,β-unsaturated/α-hetero) is 1. The van der Waals surface area contributed by atoms with E-state index >= 15 is 0 Å². The van der Waals surface area contributed by atoms with E-state index in [2.05, 4.69) is 15.4 Å². The maximum atomic E-state index is 13.2. The number of thiazole rings is 1. The largest absolute Gasteiger partial charge is 0.365 e. The molecule has 4 heterocycles. The second-order valence-electron chi connectivity index (χ2n) is 9.62. The van der Waals surface area contributed by atoms with E-state index in [1.54, 1.807) is 42.7 Å². The lowest BCUT2D eigenvalue weighted by molar-refractivity contribution is 0.0752. The number of nitrogens with zero attached hydrogens (tertiary/aromatic N) is 5. The molecule has 0 aliphatic heterocycles. The number of ketones is 1. The van der Waals surface area contributed by atoms with E-state index in [1.807, 2.05) is 32.9 Å². The van der Waals surface area contributed by atoms with E-state index in [9.17, 15) is 14.4 Å². The molecule has 194 valence electrons. The Labute approximate surface area is 227 Å². The van der Waals surface area contributed by atoms with E-state index in [-0.39, 0.29) is 23.8 Å². The number of rotatable bonds is 8. The molecule has 0 saturated carbocycles. The number of anilines is 2. The van der Waals surface area contributed by atoms with Gasteiger partial charge in [-0.15, -0.1) is 22.7 Å². The van der Waals surface area contributed by atoms with Gasteiger partial charge in [0.15, 0.2) is 5.01 Å². The van der Waals surface area contributed by atoms with Crippen molar-refractivity contribution in [2.75, 3.05) is 24.3 Å². The van der Waals surface area contributed by atoms with Crippen molar-refractivity contribution < 1.29 is 9.59 Å². The van der Waals surface area contributed by atoms with Crippen LogP contribution in [0, 0.1) is 5.41 Å². The summed E-state index contributed by atoms with van der Waals surface area (Å²) in [6, 6.07) is 8.71. The minimum Gasteiger partial charge on any atom is -0.365 e. The SMILES string of the molecule is CN(C)c1cc(-c2cc(NCc3ccc(Cl)s3)n(C(=O)C(C)(C)C)n2)cc(=O)n1CC(=O)c1nccs1. The summed E-state index contributed by atoms with van der Waals surface area (Å²) in [5.41, 5.74) is -0.0387. The Kier molecular flexibility index (Phi) is 7.67. The van der Waals surface area contributed by atoms with Gasteiger partial charge in [0.2, 0.25) is 5.78 Å². The number of aromatic nitrogens is 4. The molecule has 0 spiro atoms. The van der Waals surface area contributed by atoms with Gasteiger partial charge in [0.25, 0.3) is 11.5 Å². The Balaban J connectivity index is 1.73. The van der Waals surface area contributed by atoms with E-state index in [4.69, 9.17) is 11.6 Å². The van der Waals surface area contributed by atoms with Crippen molar-refractivity contribution in [3.05, 3.63) is 66.5 Å². The molecule has 0 aliphatic carbocycles. The highest BCUT2D eigenvalue weighted by Gasteiger charge is 2.27. The molecule has 0 aliphatic rings. The van der Waals surface area contributed by atoms with Crippen molar-refractivity contribution >= 4 is 57.6 Å². The highest BCUT2D eigenvalue weighted by atomic mass is 35.5. The van der Waals surface area contributed by atoms with Crippen LogP contribution in [0.25, 0.3) is 11.3 Å². The molecular formula is C25H27ClN6O3S2. The molecule has 37 heavy (non-hydrogen) atoms. The molecule has 9 nitrogen and oxygen atoms in total. The lowest BCUT2D eigenvalue weighted by Gasteiger charge is -2.19. The van der Waals surface area contributed by atoms with Crippen LogP contribution in [-0.4, -0.2) is 45.1 Å². The molecule has 0 bridgehead atoms. The van der Waals surface area contributed by atoms with Crippen LogP contribution in [0.4, 0.5) is 11.6 Å². The average molecular weight is 559 g/mol. The smallest absolute Gasteiger partial charge is 0.254 e. The monoisotopic (exact) mass is 558 g/mol. The molecular weight excluding hydrogens is 532 g/mol. The Morgan fingerprint density at radius 1 is 1.16 bits per heavy atom. The fourth-order valence-electron chi connectivity index (χ4n) is 3.58. The average Bonchev–Trinajstić information content (AvgIpc) is 3.58. The second-order valence-corrected chi connectivity index (χ2v) is 12.3. The number of halogens is 1. The zero-order valence-electron chi connectivity index (χ0n) is 21.1. The van der Waals surface area contributed by atoms with Gasteiger partial charge < -0.3 is 10.2 Å². The summed E-state index contributed by atoms with van der Waals surface area (Å²) in [5, 5.41) is 9.93. The molecule has 0 amide bonds. The predicted octanol–water partition coefficient (Wildman–Crippen LogP) is 5.13. The maximum absolute atomic E-state index is 13.2. The first-order chi connectivity index (χ1) is 17.4. The molecule has 4 aromatic heterocycles. The van der Waals surface area contributed by atoms with Crippen LogP contribution < -0.4 is 15.8 Å². The van der Waals surface area contributed by atoms with Gasteiger partial charge >= 0.3 is 0 Å². The quantitative estimate of drug-likeness (QED) is 0.299. The van der Waals surface area contributed by atoms with Crippen molar-refractivity contribution in [3.8, 4) is 11.3 Å². The third kappa shape index (κ3) is 6.00.